The van der Waals surface area contributed by atoms with E-state index >= 15 is 0 Å². The molecule has 1 atom stereocenters. The molecule has 2 rings (SSSR count). The minimum atomic E-state index is -1.02. The van der Waals surface area contributed by atoms with Gasteiger partial charge in [0.25, 0.3) is 0 Å². The molecule has 0 saturated carbocycles. The third-order valence-corrected chi connectivity index (χ3v) is 3.98. The first-order chi connectivity index (χ1) is 15.7. The zero-order valence-electron chi connectivity index (χ0n) is 20.6. The van der Waals surface area contributed by atoms with Crippen LogP contribution >= 0.6 is 0 Å². The molecular weight excluding hydrogens is 441 g/mol. The molecule has 2 aromatic carbocycles. The maximum Gasteiger partial charge on any atom is 0.534 e. The van der Waals surface area contributed by atoms with Gasteiger partial charge >= 0.3 is 12.2 Å². The Hall–Kier alpha value is -3.55. The number of halogens is 1. The summed E-state index contributed by atoms with van der Waals surface area (Å²) in [5.41, 5.74) is -0.809. The number of ether oxygens (including phenoxy) is 3. The number of hydrogen-bond acceptors (Lipinski definition) is 6. The normalized spacial score (nSPS) is 12.7. The summed E-state index contributed by atoms with van der Waals surface area (Å²) in [6, 6.07) is 12.2. The Morgan fingerprint density at radius 3 is 2.12 bits per heavy atom. The fourth-order valence-corrected chi connectivity index (χ4v) is 2.59. The molecule has 0 radical (unpaired) electrons. The van der Waals surface area contributed by atoms with Gasteiger partial charge in [-0.15, -0.1) is 5.06 Å². The molecule has 0 aromatic heterocycles. The summed E-state index contributed by atoms with van der Waals surface area (Å²) in [5.74, 6) is 0.703. The van der Waals surface area contributed by atoms with Crippen molar-refractivity contribution in [3.8, 4) is 11.5 Å². The molecule has 0 unspecified atom stereocenters. The molecule has 34 heavy (non-hydrogen) atoms. The third kappa shape index (κ3) is 9.52. The molecule has 0 fully saturated rings. The van der Waals surface area contributed by atoms with Gasteiger partial charge in [-0.25, -0.2) is 14.0 Å². The highest BCUT2D eigenvalue weighted by molar-refractivity contribution is 5.71. The number of amides is 1. The van der Waals surface area contributed by atoms with E-state index in [-0.39, 0.29) is 5.82 Å². The van der Waals surface area contributed by atoms with Gasteiger partial charge in [0.2, 0.25) is 0 Å². The second kappa shape index (κ2) is 11.0. The Bertz CT molecular complexity index is 1010. The van der Waals surface area contributed by atoms with E-state index in [0.717, 1.165) is 10.6 Å². The van der Waals surface area contributed by atoms with Gasteiger partial charge in [-0.3, -0.25) is 4.84 Å². The van der Waals surface area contributed by atoms with Gasteiger partial charge in [-0.2, -0.15) is 0 Å². The van der Waals surface area contributed by atoms with Crippen LogP contribution in [0, 0.1) is 5.82 Å². The highest BCUT2D eigenvalue weighted by Gasteiger charge is 2.30. The van der Waals surface area contributed by atoms with Crippen LogP contribution in [0.1, 0.15) is 54.0 Å². The van der Waals surface area contributed by atoms with Crippen molar-refractivity contribution in [1.29, 1.82) is 0 Å². The number of hydrogen-bond donors (Lipinski definition) is 0. The predicted octanol–water partition coefficient (Wildman–Crippen LogP) is 7.12. The lowest BCUT2D eigenvalue weighted by atomic mass is 10.1. The van der Waals surface area contributed by atoms with Crippen LogP contribution in [0.15, 0.2) is 54.6 Å². The Morgan fingerprint density at radius 2 is 1.53 bits per heavy atom. The molecule has 2 aromatic rings. The van der Waals surface area contributed by atoms with Crippen LogP contribution in [-0.2, 0) is 14.3 Å². The summed E-state index contributed by atoms with van der Waals surface area (Å²) in [7, 11) is 0. The van der Waals surface area contributed by atoms with Crippen molar-refractivity contribution < 1.29 is 33.0 Å². The summed E-state index contributed by atoms with van der Waals surface area (Å²) in [6.07, 6.45) is 1.57. The van der Waals surface area contributed by atoms with E-state index in [9.17, 15) is 14.0 Å². The number of rotatable bonds is 5. The lowest BCUT2D eigenvalue weighted by molar-refractivity contribution is -0.145. The molecule has 184 valence electrons. The van der Waals surface area contributed by atoms with Crippen LogP contribution in [0.2, 0.25) is 0 Å². The van der Waals surface area contributed by atoms with Gasteiger partial charge in [-0.05, 0) is 90.4 Å². The van der Waals surface area contributed by atoms with E-state index in [1.807, 2.05) is 6.07 Å². The Labute approximate surface area is 200 Å². The molecule has 0 aliphatic carbocycles. The second-order valence-electron chi connectivity index (χ2n) is 9.59. The van der Waals surface area contributed by atoms with Crippen molar-refractivity contribution in [2.45, 2.75) is 65.7 Å². The Kier molecular flexibility index (Phi) is 8.68. The first-order valence-corrected chi connectivity index (χ1v) is 10.9. The fraction of sp³-hybridized carbons (Fsp3) is 0.385. The average molecular weight is 474 g/mol. The molecule has 8 heteroatoms. The molecule has 0 aliphatic rings. The lowest BCUT2D eigenvalue weighted by Gasteiger charge is -2.29. The zero-order valence-corrected chi connectivity index (χ0v) is 20.6. The number of carbonyl (C=O) groups is 2. The van der Waals surface area contributed by atoms with Crippen LogP contribution in [-0.4, -0.2) is 34.6 Å². The molecule has 0 N–H and O–H groups in total. The zero-order chi connectivity index (χ0) is 25.5. The van der Waals surface area contributed by atoms with Crippen molar-refractivity contribution in [2.24, 2.45) is 0 Å². The minimum Gasteiger partial charge on any atom is -0.457 e. The molecule has 0 bridgehead atoms. The van der Waals surface area contributed by atoms with Gasteiger partial charge in [0, 0.05) is 0 Å². The van der Waals surface area contributed by atoms with Crippen LogP contribution in [0.5, 0.6) is 11.5 Å². The van der Waals surface area contributed by atoms with E-state index in [4.69, 9.17) is 19.0 Å². The molecule has 0 heterocycles. The highest BCUT2D eigenvalue weighted by atomic mass is 19.1. The number of carbonyl (C=O) groups excluding carboxylic acids is 2. The summed E-state index contributed by atoms with van der Waals surface area (Å²) in [5, 5.41) is 0.828. The van der Waals surface area contributed by atoms with Gasteiger partial charge in [0.1, 0.15) is 28.5 Å². The molecular formula is C26H32FNO6. The standard InChI is InChI=1S/C26H32FNO6/c1-18(28(23(29)32-25(2,3)4)34-24(30)33-26(5,6)7)11-12-19-9-8-10-22(17-19)31-21-15-13-20(27)14-16-21/h8-18H,1-7H3/t18-/m0/s1. The minimum absolute atomic E-state index is 0.346. The first kappa shape index (κ1) is 26.7. The first-order valence-electron chi connectivity index (χ1n) is 10.9. The van der Waals surface area contributed by atoms with Gasteiger partial charge in [0.05, 0.1) is 6.04 Å². The molecule has 1 amide bonds. The number of hydroxylamine groups is 2. The topological polar surface area (TPSA) is 74.3 Å². The second-order valence-corrected chi connectivity index (χ2v) is 9.59. The van der Waals surface area contributed by atoms with Crippen LogP contribution in [0.4, 0.5) is 14.0 Å². The Morgan fingerprint density at radius 1 is 0.912 bits per heavy atom. The summed E-state index contributed by atoms with van der Waals surface area (Å²) in [6.45, 7) is 11.9. The quantitative estimate of drug-likeness (QED) is 0.340. The molecule has 7 nitrogen and oxygen atoms in total. The van der Waals surface area contributed by atoms with Crippen molar-refractivity contribution in [3.63, 3.8) is 0 Å². The van der Waals surface area contributed by atoms with E-state index in [1.54, 1.807) is 78.8 Å². The molecule has 0 spiro atoms. The smallest absolute Gasteiger partial charge is 0.457 e. The lowest BCUT2D eigenvalue weighted by Crippen LogP contribution is -2.43. The van der Waals surface area contributed by atoms with Crippen LogP contribution < -0.4 is 4.74 Å². The van der Waals surface area contributed by atoms with Crippen molar-refractivity contribution in [3.05, 3.63) is 66.0 Å². The van der Waals surface area contributed by atoms with E-state index in [2.05, 4.69) is 0 Å². The van der Waals surface area contributed by atoms with Gasteiger partial charge in [-0.1, -0.05) is 24.3 Å². The van der Waals surface area contributed by atoms with Crippen molar-refractivity contribution in [1.82, 2.24) is 5.06 Å². The third-order valence-electron chi connectivity index (χ3n) is 3.98. The fourth-order valence-electron chi connectivity index (χ4n) is 2.59. The highest BCUT2D eigenvalue weighted by Crippen LogP contribution is 2.23. The van der Waals surface area contributed by atoms with E-state index in [1.165, 1.54) is 24.3 Å². The van der Waals surface area contributed by atoms with E-state index in [0.29, 0.717) is 11.5 Å². The summed E-state index contributed by atoms with van der Waals surface area (Å²) < 4.78 is 29.4. The van der Waals surface area contributed by atoms with Crippen LogP contribution in [0.3, 0.4) is 0 Å². The SMILES string of the molecule is C[C@@H](C=Cc1cccc(Oc2ccc(F)cc2)c1)N(OC(=O)OC(C)(C)C)C(=O)OC(C)(C)C. The number of nitrogens with zero attached hydrogens (tertiary/aromatic N) is 1. The van der Waals surface area contributed by atoms with E-state index < -0.39 is 29.5 Å². The summed E-state index contributed by atoms with van der Waals surface area (Å²) >= 11 is 0. The van der Waals surface area contributed by atoms with Crippen molar-refractivity contribution in [2.75, 3.05) is 0 Å². The molecule has 0 saturated heterocycles. The monoisotopic (exact) mass is 473 g/mol. The summed E-state index contributed by atoms with van der Waals surface area (Å²) in [4.78, 5) is 30.1. The largest absolute Gasteiger partial charge is 0.534 e. The predicted molar refractivity (Wildman–Crippen MR) is 127 cm³/mol. The average Bonchev–Trinajstić information content (AvgIpc) is 2.69. The van der Waals surface area contributed by atoms with Crippen LogP contribution in [0.25, 0.3) is 6.08 Å². The molecule has 0 aliphatic heterocycles. The van der Waals surface area contributed by atoms with Crippen molar-refractivity contribution >= 4 is 18.3 Å². The maximum absolute atomic E-state index is 13.1. The van der Waals surface area contributed by atoms with Gasteiger partial charge in [0.15, 0.2) is 0 Å². The van der Waals surface area contributed by atoms with Gasteiger partial charge < -0.3 is 14.2 Å². The maximum atomic E-state index is 13.1. The Balaban J connectivity index is 2.16. The number of benzene rings is 2.